The molecule has 1 unspecified atom stereocenters. The second-order valence-electron chi connectivity index (χ2n) is 6.85. The predicted octanol–water partition coefficient (Wildman–Crippen LogP) is 2.68. The lowest BCUT2D eigenvalue weighted by Crippen LogP contribution is -2.50. The Bertz CT molecular complexity index is 279. The van der Waals surface area contributed by atoms with Crippen LogP contribution in [0, 0.1) is 0 Å². The Labute approximate surface area is 117 Å². The fourth-order valence-corrected chi connectivity index (χ4v) is 4.17. The fourth-order valence-electron chi connectivity index (χ4n) is 4.17. The molecule has 19 heavy (non-hydrogen) atoms. The van der Waals surface area contributed by atoms with Gasteiger partial charge in [-0.15, -0.1) is 0 Å². The van der Waals surface area contributed by atoms with Crippen LogP contribution in [0.5, 0.6) is 0 Å². The van der Waals surface area contributed by atoms with Gasteiger partial charge in [0, 0.05) is 18.7 Å². The van der Waals surface area contributed by atoms with E-state index < -0.39 is 0 Å². The molecule has 3 rings (SSSR count). The van der Waals surface area contributed by atoms with E-state index in [-0.39, 0.29) is 5.60 Å². The van der Waals surface area contributed by atoms with E-state index in [1.54, 1.807) is 0 Å². The molecule has 3 heteroatoms. The van der Waals surface area contributed by atoms with E-state index >= 15 is 0 Å². The molecule has 3 fully saturated rings. The van der Waals surface area contributed by atoms with Gasteiger partial charge in [-0.05, 0) is 58.0 Å². The zero-order valence-corrected chi connectivity index (χ0v) is 12.3. The Kier molecular flexibility index (Phi) is 4.45. The molecule has 0 aromatic heterocycles. The molecule has 0 bridgehead atoms. The van der Waals surface area contributed by atoms with Crippen LogP contribution in [-0.4, -0.2) is 42.3 Å². The van der Waals surface area contributed by atoms with Crippen LogP contribution in [-0.2, 0) is 4.74 Å². The van der Waals surface area contributed by atoms with Crippen LogP contribution >= 0.6 is 0 Å². The highest BCUT2D eigenvalue weighted by Crippen LogP contribution is 2.42. The quantitative estimate of drug-likeness (QED) is 0.831. The van der Waals surface area contributed by atoms with Gasteiger partial charge in [-0.3, -0.25) is 4.90 Å². The molecule has 3 nitrogen and oxygen atoms in total. The van der Waals surface area contributed by atoms with E-state index in [9.17, 15) is 0 Å². The van der Waals surface area contributed by atoms with Gasteiger partial charge in [-0.1, -0.05) is 19.3 Å². The molecule has 3 aliphatic rings. The third kappa shape index (κ3) is 3.32. The summed E-state index contributed by atoms with van der Waals surface area (Å²) in [6.45, 7) is 3.02. The lowest BCUT2D eigenvalue weighted by molar-refractivity contribution is -0.125. The average molecular weight is 266 g/mol. The molecule has 0 aromatic carbocycles. The van der Waals surface area contributed by atoms with Crippen LogP contribution in [0.25, 0.3) is 0 Å². The first-order valence-electron chi connectivity index (χ1n) is 8.43. The summed E-state index contributed by atoms with van der Waals surface area (Å²) in [5.41, 5.74) is 5.96. The smallest absolute Gasteiger partial charge is 0.0697 e. The van der Waals surface area contributed by atoms with Gasteiger partial charge in [-0.2, -0.15) is 0 Å². The van der Waals surface area contributed by atoms with Crippen LogP contribution < -0.4 is 5.73 Å². The zero-order chi connectivity index (χ0) is 13.1. The molecule has 2 saturated carbocycles. The molecule has 0 amide bonds. The lowest BCUT2D eigenvalue weighted by atomic mass is 9.78. The van der Waals surface area contributed by atoms with E-state index in [4.69, 9.17) is 10.5 Å². The minimum absolute atomic E-state index is 0.247. The van der Waals surface area contributed by atoms with Crippen molar-refractivity contribution in [3.8, 4) is 0 Å². The second-order valence-corrected chi connectivity index (χ2v) is 6.85. The molecule has 0 radical (unpaired) electrons. The van der Waals surface area contributed by atoms with Crippen LogP contribution in [0.3, 0.4) is 0 Å². The summed E-state index contributed by atoms with van der Waals surface area (Å²) in [7, 11) is 0. The summed E-state index contributed by atoms with van der Waals surface area (Å²) in [6.07, 6.45) is 13.3. The van der Waals surface area contributed by atoms with Crippen LogP contribution in [0.1, 0.15) is 64.2 Å². The Morgan fingerprint density at radius 1 is 1.05 bits per heavy atom. The minimum Gasteiger partial charge on any atom is -0.375 e. The van der Waals surface area contributed by atoms with E-state index in [2.05, 4.69) is 4.90 Å². The first-order chi connectivity index (χ1) is 9.33. The first-order valence-corrected chi connectivity index (χ1v) is 8.43. The van der Waals surface area contributed by atoms with Crippen molar-refractivity contribution in [2.24, 2.45) is 5.73 Å². The second kappa shape index (κ2) is 6.11. The highest BCUT2D eigenvalue weighted by atomic mass is 16.5. The fraction of sp³-hybridized carbons (Fsp3) is 1.00. The van der Waals surface area contributed by atoms with Crippen molar-refractivity contribution in [3.63, 3.8) is 0 Å². The van der Waals surface area contributed by atoms with Gasteiger partial charge in [0.25, 0.3) is 0 Å². The highest BCUT2D eigenvalue weighted by molar-refractivity contribution is 4.96. The van der Waals surface area contributed by atoms with Crippen molar-refractivity contribution >= 4 is 0 Å². The molecule has 2 aliphatic carbocycles. The average Bonchev–Trinajstić information content (AvgIpc) is 3.25. The van der Waals surface area contributed by atoms with Gasteiger partial charge in [0.15, 0.2) is 0 Å². The molecular formula is C16H30N2O. The van der Waals surface area contributed by atoms with E-state index in [1.807, 2.05) is 0 Å². The van der Waals surface area contributed by atoms with Crippen molar-refractivity contribution in [2.45, 2.75) is 81.9 Å². The maximum Gasteiger partial charge on any atom is 0.0697 e. The van der Waals surface area contributed by atoms with Crippen molar-refractivity contribution in [1.82, 2.24) is 4.90 Å². The number of hydrogen-bond acceptors (Lipinski definition) is 3. The summed E-state index contributed by atoms with van der Waals surface area (Å²) in [6, 6.07) is 1.64. The standard InChI is InChI=1S/C16H30N2O/c17-10-4-11-18(14-5-6-14)15-7-12-19-16(13-15)8-2-1-3-9-16/h14-15H,1-13,17H2. The number of ether oxygens (including phenoxy) is 1. The summed E-state index contributed by atoms with van der Waals surface area (Å²) < 4.78 is 6.24. The van der Waals surface area contributed by atoms with Crippen LogP contribution in [0.4, 0.5) is 0 Å². The zero-order valence-electron chi connectivity index (χ0n) is 12.3. The summed E-state index contributed by atoms with van der Waals surface area (Å²) in [4.78, 5) is 2.78. The van der Waals surface area contributed by atoms with Gasteiger partial charge >= 0.3 is 0 Å². The maximum absolute atomic E-state index is 6.24. The Morgan fingerprint density at radius 2 is 1.84 bits per heavy atom. The molecule has 1 aliphatic heterocycles. The Morgan fingerprint density at radius 3 is 2.53 bits per heavy atom. The lowest BCUT2D eigenvalue weighted by Gasteiger charge is -2.47. The number of nitrogens with zero attached hydrogens (tertiary/aromatic N) is 1. The SMILES string of the molecule is NCCCN(C1CC1)C1CCOC2(CCCCC2)C1. The molecule has 2 N–H and O–H groups in total. The summed E-state index contributed by atoms with van der Waals surface area (Å²) >= 11 is 0. The van der Waals surface area contributed by atoms with E-state index in [0.29, 0.717) is 0 Å². The largest absolute Gasteiger partial charge is 0.375 e. The van der Waals surface area contributed by atoms with Crippen molar-refractivity contribution < 1.29 is 4.74 Å². The Balaban J connectivity index is 1.62. The third-order valence-corrected chi connectivity index (χ3v) is 5.34. The molecule has 1 atom stereocenters. The third-order valence-electron chi connectivity index (χ3n) is 5.34. The predicted molar refractivity (Wildman–Crippen MR) is 78.2 cm³/mol. The van der Waals surface area contributed by atoms with Crippen molar-refractivity contribution in [1.29, 1.82) is 0 Å². The number of nitrogens with two attached hydrogens (primary N) is 1. The summed E-state index contributed by atoms with van der Waals surface area (Å²) in [5.74, 6) is 0. The molecule has 110 valence electrons. The van der Waals surface area contributed by atoms with Gasteiger partial charge in [0.05, 0.1) is 5.60 Å². The normalized spacial score (nSPS) is 30.9. The molecular weight excluding hydrogens is 236 g/mol. The van der Waals surface area contributed by atoms with Gasteiger partial charge in [-0.25, -0.2) is 0 Å². The molecule has 1 heterocycles. The highest BCUT2D eigenvalue weighted by Gasteiger charge is 2.43. The topological polar surface area (TPSA) is 38.5 Å². The van der Waals surface area contributed by atoms with E-state index in [1.165, 1.54) is 64.3 Å². The maximum atomic E-state index is 6.24. The molecule has 0 aromatic rings. The Hall–Kier alpha value is -0.120. The minimum atomic E-state index is 0.247. The van der Waals surface area contributed by atoms with Crippen LogP contribution in [0.15, 0.2) is 0 Å². The van der Waals surface area contributed by atoms with E-state index in [0.717, 1.165) is 31.7 Å². The van der Waals surface area contributed by atoms with Crippen LogP contribution in [0.2, 0.25) is 0 Å². The van der Waals surface area contributed by atoms with Crippen molar-refractivity contribution in [3.05, 3.63) is 0 Å². The van der Waals surface area contributed by atoms with Gasteiger partial charge in [0.2, 0.25) is 0 Å². The molecule has 1 spiro atoms. The van der Waals surface area contributed by atoms with Crippen molar-refractivity contribution in [2.75, 3.05) is 19.7 Å². The monoisotopic (exact) mass is 266 g/mol. The van der Waals surface area contributed by atoms with Gasteiger partial charge in [0.1, 0.15) is 0 Å². The number of rotatable bonds is 5. The number of hydrogen-bond donors (Lipinski definition) is 1. The van der Waals surface area contributed by atoms with Gasteiger partial charge < -0.3 is 10.5 Å². The summed E-state index contributed by atoms with van der Waals surface area (Å²) in [5, 5.41) is 0. The molecule has 1 saturated heterocycles. The first kappa shape index (κ1) is 13.8.